The Balaban J connectivity index is 2.90. The summed E-state index contributed by atoms with van der Waals surface area (Å²) in [6, 6.07) is 7.77. The molecule has 112 valence electrons. The molecule has 0 saturated heterocycles. The van der Waals surface area contributed by atoms with Crippen molar-refractivity contribution >= 4 is 11.9 Å². The second-order valence-electron chi connectivity index (χ2n) is 5.53. The Kier molecular flexibility index (Phi) is 5.48. The predicted octanol–water partition coefficient (Wildman–Crippen LogP) is 2.57. The van der Waals surface area contributed by atoms with Crippen LogP contribution in [0.4, 0.5) is 0 Å². The zero-order valence-corrected chi connectivity index (χ0v) is 12.5. The highest BCUT2D eigenvalue weighted by Gasteiger charge is 2.37. The molecule has 0 aromatic heterocycles. The van der Waals surface area contributed by atoms with Crippen LogP contribution >= 0.6 is 0 Å². The first-order valence-corrected chi connectivity index (χ1v) is 6.87. The van der Waals surface area contributed by atoms with E-state index in [4.69, 9.17) is 5.26 Å². The van der Waals surface area contributed by atoms with Gasteiger partial charge >= 0.3 is 5.97 Å². The molecule has 0 heterocycles. The zero-order chi connectivity index (χ0) is 16.0. The van der Waals surface area contributed by atoms with Crippen LogP contribution in [0.1, 0.15) is 49.5 Å². The lowest BCUT2D eigenvalue weighted by Crippen LogP contribution is -2.48. The number of carboxylic acid groups (broad SMARTS) is 1. The van der Waals surface area contributed by atoms with Crippen molar-refractivity contribution in [2.45, 2.75) is 39.7 Å². The molecule has 0 aliphatic rings. The van der Waals surface area contributed by atoms with Crippen LogP contribution in [0.15, 0.2) is 24.3 Å². The van der Waals surface area contributed by atoms with E-state index in [1.807, 2.05) is 13.0 Å². The maximum atomic E-state index is 12.2. The van der Waals surface area contributed by atoms with E-state index in [9.17, 15) is 14.7 Å². The van der Waals surface area contributed by atoms with E-state index in [1.165, 1.54) is 0 Å². The Morgan fingerprint density at radius 3 is 2.33 bits per heavy atom. The normalized spacial score (nSPS) is 12.3. The number of hydrogen-bond acceptors (Lipinski definition) is 3. The molecular formula is C16H20N2O3. The Hall–Kier alpha value is -2.35. The maximum Gasteiger partial charge on any atom is 0.311 e. The van der Waals surface area contributed by atoms with Gasteiger partial charge in [0.1, 0.15) is 0 Å². The molecule has 1 aromatic rings. The molecule has 2 N–H and O–H groups in total. The Bertz CT molecular complexity index is 556. The average molecular weight is 288 g/mol. The van der Waals surface area contributed by atoms with Gasteiger partial charge < -0.3 is 10.4 Å². The summed E-state index contributed by atoms with van der Waals surface area (Å²) in [7, 11) is 0. The highest BCUT2D eigenvalue weighted by Crippen LogP contribution is 2.24. The number of benzene rings is 1. The van der Waals surface area contributed by atoms with Crippen LogP contribution < -0.4 is 5.32 Å². The van der Waals surface area contributed by atoms with E-state index in [2.05, 4.69) is 5.32 Å². The molecule has 1 amide bonds. The first-order chi connectivity index (χ1) is 9.82. The van der Waals surface area contributed by atoms with E-state index < -0.39 is 17.4 Å². The van der Waals surface area contributed by atoms with Crippen molar-refractivity contribution in [3.8, 4) is 6.07 Å². The second kappa shape index (κ2) is 6.89. The maximum absolute atomic E-state index is 12.2. The lowest BCUT2D eigenvalue weighted by atomic mass is 9.82. The quantitative estimate of drug-likeness (QED) is 0.841. The zero-order valence-electron chi connectivity index (χ0n) is 12.5. The van der Waals surface area contributed by atoms with Gasteiger partial charge in [0.2, 0.25) is 0 Å². The lowest BCUT2D eigenvalue weighted by molar-refractivity contribution is -0.148. The first kappa shape index (κ1) is 16.7. The van der Waals surface area contributed by atoms with E-state index in [0.717, 1.165) is 6.42 Å². The molecule has 1 aromatic carbocycles. The molecule has 0 saturated carbocycles. The summed E-state index contributed by atoms with van der Waals surface area (Å²) in [4.78, 5) is 23.6. The van der Waals surface area contributed by atoms with Gasteiger partial charge in [-0.25, -0.2) is 0 Å². The third-order valence-corrected chi connectivity index (χ3v) is 3.58. The van der Waals surface area contributed by atoms with Gasteiger partial charge in [0.05, 0.1) is 17.0 Å². The summed E-state index contributed by atoms with van der Waals surface area (Å²) in [6.07, 6.45) is 1.36. The monoisotopic (exact) mass is 288 g/mol. The number of carbonyl (C=O) groups is 2. The molecule has 21 heavy (non-hydrogen) atoms. The van der Waals surface area contributed by atoms with Gasteiger partial charge in [0.15, 0.2) is 0 Å². The first-order valence-electron chi connectivity index (χ1n) is 6.87. The molecule has 0 radical (unpaired) electrons. The fourth-order valence-electron chi connectivity index (χ4n) is 1.99. The third kappa shape index (κ3) is 4.06. The van der Waals surface area contributed by atoms with Gasteiger partial charge in [-0.3, -0.25) is 9.59 Å². The van der Waals surface area contributed by atoms with Crippen LogP contribution in [0.25, 0.3) is 0 Å². The highest BCUT2D eigenvalue weighted by molar-refractivity contribution is 5.95. The molecule has 0 spiro atoms. The molecule has 0 aliphatic heterocycles. The van der Waals surface area contributed by atoms with Gasteiger partial charge in [0.25, 0.3) is 5.91 Å². The van der Waals surface area contributed by atoms with Gasteiger partial charge in [-0.1, -0.05) is 13.3 Å². The molecule has 0 aliphatic carbocycles. The van der Waals surface area contributed by atoms with Gasteiger partial charge in [-0.05, 0) is 44.5 Å². The van der Waals surface area contributed by atoms with Crippen molar-refractivity contribution in [1.82, 2.24) is 5.32 Å². The minimum Gasteiger partial charge on any atom is -0.481 e. The molecule has 0 unspecified atom stereocenters. The Morgan fingerprint density at radius 2 is 1.90 bits per heavy atom. The van der Waals surface area contributed by atoms with Gasteiger partial charge in [-0.2, -0.15) is 5.26 Å². The molecule has 5 heteroatoms. The summed E-state index contributed by atoms with van der Waals surface area (Å²) in [5.41, 5.74) is -0.156. The highest BCUT2D eigenvalue weighted by atomic mass is 16.4. The smallest absolute Gasteiger partial charge is 0.311 e. The molecule has 5 nitrogen and oxygen atoms in total. The minimum absolute atomic E-state index is 0.327. The summed E-state index contributed by atoms with van der Waals surface area (Å²) in [5.74, 6) is -1.27. The average Bonchev–Trinajstić information content (AvgIpc) is 2.46. The van der Waals surface area contributed by atoms with E-state index in [0.29, 0.717) is 17.5 Å². The molecule has 1 rings (SSSR count). The topological polar surface area (TPSA) is 90.2 Å². The van der Waals surface area contributed by atoms with Crippen LogP contribution in [0, 0.1) is 16.7 Å². The predicted molar refractivity (Wildman–Crippen MR) is 78.7 cm³/mol. The summed E-state index contributed by atoms with van der Waals surface area (Å²) >= 11 is 0. The number of rotatable bonds is 6. The van der Waals surface area contributed by atoms with Crippen LogP contribution in [0.5, 0.6) is 0 Å². The third-order valence-electron chi connectivity index (χ3n) is 3.58. The summed E-state index contributed by atoms with van der Waals surface area (Å²) in [6.45, 7) is 5.15. The largest absolute Gasteiger partial charge is 0.481 e. The fraction of sp³-hybridized carbons (Fsp3) is 0.438. The number of aliphatic carboxylic acids is 1. The van der Waals surface area contributed by atoms with Crippen molar-refractivity contribution in [2.75, 3.05) is 0 Å². The SMILES string of the molecule is CCC[C@H](NC(=O)c1ccc(C#N)cc1)C(C)(C)C(=O)O. The number of nitriles is 1. The number of carboxylic acids is 1. The minimum atomic E-state index is -1.04. The van der Waals surface area contributed by atoms with Gasteiger partial charge in [-0.15, -0.1) is 0 Å². The van der Waals surface area contributed by atoms with E-state index in [1.54, 1.807) is 38.1 Å². The van der Waals surface area contributed by atoms with Crippen LogP contribution in [0.3, 0.4) is 0 Å². The molecule has 0 fully saturated rings. The number of amides is 1. The van der Waals surface area contributed by atoms with Crippen LogP contribution in [-0.2, 0) is 4.79 Å². The van der Waals surface area contributed by atoms with Crippen molar-refractivity contribution in [3.05, 3.63) is 35.4 Å². The van der Waals surface area contributed by atoms with Gasteiger partial charge in [0, 0.05) is 11.6 Å². The molecule has 0 bridgehead atoms. The van der Waals surface area contributed by atoms with Crippen molar-refractivity contribution < 1.29 is 14.7 Å². The standard InChI is InChI=1S/C16H20N2O3/c1-4-5-13(16(2,3)15(20)21)18-14(19)12-8-6-11(10-17)7-9-12/h6-9,13H,4-5H2,1-3H3,(H,18,19)(H,20,21)/t13-/m0/s1. The number of nitrogens with zero attached hydrogens (tertiary/aromatic N) is 1. The number of carbonyl (C=O) groups excluding carboxylic acids is 1. The summed E-state index contributed by atoms with van der Waals surface area (Å²) in [5, 5.41) is 20.8. The Morgan fingerprint density at radius 1 is 1.33 bits per heavy atom. The number of nitrogens with one attached hydrogen (secondary N) is 1. The lowest BCUT2D eigenvalue weighted by Gasteiger charge is -2.31. The van der Waals surface area contributed by atoms with E-state index in [-0.39, 0.29) is 5.91 Å². The second-order valence-corrected chi connectivity index (χ2v) is 5.53. The molecular weight excluding hydrogens is 268 g/mol. The van der Waals surface area contributed by atoms with Crippen molar-refractivity contribution in [2.24, 2.45) is 5.41 Å². The summed E-state index contributed by atoms with van der Waals surface area (Å²) < 4.78 is 0. The van der Waals surface area contributed by atoms with Crippen LogP contribution in [0.2, 0.25) is 0 Å². The van der Waals surface area contributed by atoms with E-state index >= 15 is 0 Å². The van der Waals surface area contributed by atoms with Crippen molar-refractivity contribution in [3.63, 3.8) is 0 Å². The van der Waals surface area contributed by atoms with Crippen LogP contribution in [-0.4, -0.2) is 23.0 Å². The van der Waals surface area contributed by atoms with Crippen molar-refractivity contribution in [1.29, 1.82) is 5.26 Å². The molecule has 1 atom stereocenters. The fourth-order valence-corrected chi connectivity index (χ4v) is 1.99. The number of hydrogen-bond donors (Lipinski definition) is 2. The Labute approximate surface area is 124 Å².